The molecule has 0 aromatic carbocycles. The fourth-order valence-corrected chi connectivity index (χ4v) is 3.12. The van der Waals surface area contributed by atoms with Crippen LogP contribution in [0.15, 0.2) is 29.2 Å². The molecule has 1 fully saturated rings. The van der Waals surface area contributed by atoms with Crippen LogP contribution in [0.3, 0.4) is 0 Å². The quantitative estimate of drug-likeness (QED) is 0.691. The number of esters is 1. The first-order chi connectivity index (χ1) is 12.7. The zero-order valence-corrected chi connectivity index (χ0v) is 14.9. The number of rotatable bonds is 8. The lowest BCUT2D eigenvalue weighted by molar-refractivity contribution is 0.0513. The van der Waals surface area contributed by atoms with Crippen LogP contribution in [-0.4, -0.2) is 51.7 Å². The highest BCUT2D eigenvalue weighted by atomic mass is 16.5. The highest BCUT2D eigenvalue weighted by Crippen LogP contribution is 2.17. The summed E-state index contributed by atoms with van der Waals surface area (Å²) in [6.07, 6.45) is 3.96. The number of carbonyl (C=O) groups is 1. The first-order valence-corrected chi connectivity index (χ1v) is 8.88. The summed E-state index contributed by atoms with van der Waals surface area (Å²) in [5.74, 6) is -0.532. The second-order valence-electron chi connectivity index (χ2n) is 6.28. The predicted octanol–water partition coefficient (Wildman–Crippen LogP) is 1.46. The maximum Gasteiger partial charge on any atom is 0.356 e. The third-order valence-electron chi connectivity index (χ3n) is 4.26. The van der Waals surface area contributed by atoms with Crippen LogP contribution in [0.1, 0.15) is 41.6 Å². The number of hydrogen-bond acceptors (Lipinski definition) is 6. The number of nitrogens with zero attached hydrogens (tertiary/aromatic N) is 2. The van der Waals surface area contributed by atoms with E-state index in [1.165, 1.54) is 0 Å². The van der Waals surface area contributed by atoms with Crippen LogP contribution in [0.25, 0.3) is 0 Å². The second-order valence-corrected chi connectivity index (χ2v) is 6.28. The van der Waals surface area contributed by atoms with Gasteiger partial charge in [0.25, 0.3) is 0 Å². The van der Waals surface area contributed by atoms with Gasteiger partial charge in [-0.05, 0) is 31.9 Å². The minimum atomic E-state index is -0.532. The molecule has 8 heteroatoms. The molecule has 1 atom stereocenters. The van der Waals surface area contributed by atoms with E-state index < -0.39 is 11.7 Å². The minimum absolute atomic E-state index is 0.149. The molecule has 1 aliphatic heterocycles. The van der Waals surface area contributed by atoms with Crippen LogP contribution in [0.4, 0.5) is 0 Å². The number of aromatic nitrogens is 3. The van der Waals surface area contributed by atoms with Gasteiger partial charge in [-0.3, -0.25) is 14.9 Å². The molecule has 8 nitrogen and oxygen atoms in total. The Bertz CT molecular complexity index is 765. The molecule has 2 aromatic heterocycles. The molecule has 0 spiro atoms. The molecule has 0 aliphatic carbocycles. The fourth-order valence-electron chi connectivity index (χ4n) is 3.12. The Labute approximate surface area is 151 Å². The van der Waals surface area contributed by atoms with E-state index >= 15 is 0 Å². The lowest BCUT2D eigenvalue weighted by atomic mass is 10.2. The number of ether oxygens (including phenoxy) is 2. The first kappa shape index (κ1) is 18.3. The Kier molecular flexibility index (Phi) is 6.19. The van der Waals surface area contributed by atoms with Crippen molar-refractivity contribution in [2.45, 2.75) is 39.0 Å². The van der Waals surface area contributed by atoms with E-state index in [9.17, 15) is 9.59 Å². The molecule has 140 valence electrons. The van der Waals surface area contributed by atoms with E-state index in [2.05, 4.69) is 19.9 Å². The number of carbonyl (C=O) groups excluding carboxylic acids is 1. The van der Waals surface area contributed by atoms with E-state index in [4.69, 9.17) is 9.47 Å². The van der Waals surface area contributed by atoms with E-state index in [0.29, 0.717) is 25.3 Å². The summed E-state index contributed by atoms with van der Waals surface area (Å²) in [4.78, 5) is 35.6. The molecule has 1 unspecified atom stereocenters. The molecule has 0 saturated carbocycles. The van der Waals surface area contributed by atoms with Crippen molar-refractivity contribution in [2.75, 3.05) is 19.8 Å². The summed E-state index contributed by atoms with van der Waals surface area (Å²) in [6.45, 7) is 4.44. The van der Waals surface area contributed by atoms with Crippen LogP contribution < -0.4 is 5.69 Å². The van der Waals surface area contributed by atoms with Crippen molar-refractivity contribution < 1.29 is 14.3 Å². The van der Waals surface area contributed by atoms with Crippen LogP contribution in [0.2, 0.25) is 0 Å². The molecular formula is C18H24N4O4. The smallest absolute Gasteiger partial charge is 0.356 e. The summed E-state index contributed by atoms with van der Waals surface area (Å²) >= 11 is 0. The Balaban J connectivity index is 1.78. The zero-order valence-electron chi connectivity index (χ0n) is 14.9. The van der Waals surface area contributed by atoms with Crippen molar-refractivity contribution in [1.82, 2.24) is 19.9 Å². The molecular weight excluding hydrogens is 336 g/mol. The van der Waals surface area contributed by atoms with Crippen molar-refractivity contribution >= 4 is 5.97 Å². The van der Waals surface area contributed by atoms with Crippen molar-refractivity contribution in [3.63, 3.8) is 0 Å². The van der Waals surface area contributed by atoms with Crippen molar-refractivity contribution in [1.29, 1.82) is 0 Å². The van der Waals surface area contributed by atoms with Gasteiger partial charge < -0.3 is 14.5 Å². The number of H-pyrrole nitrogens is 2. The SMILES string of the molecule is CCOC(=O)c1[nH]c(=O)[nH]c1CN(Cc1ccccn1)CC1CCCO1. The third kappa shape index (κ3) is 4.80. The molecule has 1 aliphatic rings. The Morgan fingerprint density at radius 2 is 2.27 bits per heavy atom. The van der Waals surface area contributed by atoms with Gasteiger partial charge in [-0.25, -0.2) is 9.59 Å². The molecule has 26 heavy (non-hydrogen) atoms. The topological polar surface area (TPSA) is 100 Å². The third-order valence-corrected chi connectivity index (χ3v) is 4.26. The van der Waals surface area contributed by atoms with Gasteiger partial charge in [-0.2, -0.15) is 0 Å². The van der Waals surface area contributed by atoms with Crippen LogP contribution >= 0.6 is 0 Å². The number of hydrogen-bond donors (Lipinski definition) is 2. The predicted molar refractivity (Wildman–Crippen MR) is 94.7 cm³/mol. The van der Waals surface area contributed by atoms with Crippen LogP contribution in [0.5, 0.6) is 0 Å². The lowest BCUT2D eigenvalue weighted by Crippen LogP contribution is -2.32. The Morgan fingerprint density at radius 1 is 1.38 bits per heavy atom. The number of nitrogens with one attached hydrogen (secondary N) is 2. The summed E-state index contributed by atoms with van der Waals surface area (Å²) < 4.78 is 10.8. The molecule has 2 aromatic rings. The maximum atomic E-state index is 12.1. The maximum absolute atomic E-state index is 12.1. The molecule has 3 rings (SSSR count). The van der Waals surface area contributed by atoms with Gasteiger partial charge in [0.2, 0.25) is 0 Å². The molecule has 2 N–H and O–H groups in total. The zero-order chi connectivity index (χ0) is 18.4. The number of imidazole rings is 1. The molecule has 1 saturated heterocycles. The van der Waals surface area contributed by atoms with E-state index in [1.54, 1.807) is 13.1 Å². The molecule has 0 amide bonds. The van der Waals surface area contributed by atoms with Gasteiger partial charge in [0.1, 0.15) is 5.69 Å². The van der Waals surface area contributed by atoms with Crippen LogP contribution in [-0.2, 0) is 22.6 Å². The van der Waals surface area contributed by atoms with Gasteiger partial charge >= 0.3 is 11.7 Å². The van der Waals surface area contributed by atoms with Gasteiger partial charge in [0, 0.05) is 32.4 Å². The summed E-state index contributed by atoms with van der Waals surface area (Å²) in [6, 6.07) is 5.76. The van der Waals surface area contributed by atoms with E-state index in [0.717, 1.165) is 25.1 Å². The normalized spacial score (nSPS) is 16.9. The van der Waals surface area contributed by atoms with Crippen molar-refractivity contribution in [3.05, 3.63) is 52.0 Å². The van der Waals surface area contributed by atoms with E-state index in [1.807, 2.05) is 18.2 Å². The second kappa shape index (κ2) is 8.77. The average molecular weight is 360 g/mol. The standard InChI is InChI=1S/C18H24N4O4/c1-2-25-17(23)16-15(20-18(24)21-16)12-22(11-14-7-5-9-26-14)10-13-6-3-4-8-19-13/h3-4,6,8,14H,2,5,7,9-12H2,1H3,(H2,20,21,24). The Morgan fingerprint density at radius 3 is 2.96 bits per heavy atom. The average Bonchev–Trinajstić information content (AvgIpc) is 3.25. The minimum Gasteiger partial charge on any atom is -0.461 e. The van der Waals surface area contributed by atoms with Gasteiger partial charge in [-0.1, -0.05) is 6.07 Å². The van der Waals surface area contributed by atoms with Crippen molar-refractivity contribution in [2.24, 2.45) is 0 Å². The van der Waals surface area contributed by atoms with Crippen LogP contribution in [0, 0.1) is 0 Å². The molecule has 0 radical (unpaired) electrons. The largest absolute Gasteiger partial charge is 0.461 e. The molecule has 0 bridgehead atoms. The van der Waals surface area contributed by atoms with E-state index in [-0.39, 0.29) is 18.4 Å². The summed E-state index contributed by atoms with van der Waals surface area (Å²) in [7, 11) is 0. The molecule has 3 heterocycles. The van der Waals surface area contributed by atoms with Gasteiger partial charge in [0.15, 0.2) is 0 Å². The Hall–Kier alpha value is -2.45. The fraction of sp³-hybridized carbons (Fsp3) is 0.500. The highest BCUT2D eigenvalue weighted by Gasteiger charge is 2.23. The lowest BCUT2D eigenvalue weighted by Gasteiger charge is -2.24. The highest BCUT2D eigenvalue weighted by molar-refractivity contribution is 5.88. The number of aromatic amines is 2. The summed E-state index contributed by atoms with van der Waals surface area (Å²) in [5, 5.41) is 0. The van der Waals surface area contributed by atoms with Crippen molar-refractivity contribution in [3.8, 4) is 0 Å². The first-order valence-electron chi connectivity index (χ1n) is 8.88. The van der Waals surface area contributed by atoms with Gasteiger partial charge in [0.05, 0.1) is 24.1 Å². The monoisotopic (exact) mass is 360 g/mol. The number of pyridine rings is 1. The van der Waals surface area contributed by atoms with Gasteiger partial charge in [-0.15, -0.1) is 0 Å². The summed E-state index contributed by atoms with van der Waals surface area (Å²) in [5.41, 5.74) is 1.19.